The van der Waals surface area contributed by atoms with E-state index in [0.29, 0.717) is 0 Å². The van der Waals surface area contributed by atoms with Gasteiger partial charge in [-0.3, -0.25) is 4.79 Å². The van der Waals surface area contributed by atoms with Crippen LogP contribution in [0.3, 0.4) is 0 Å². The zero-order valence-corrected chi connectivity index (χ0v) is 4.85. The van der Waals surface area contributed by atoms with E-state index in [0.717, 1.165) is 5.57 Å². The van der Waals surface area contributed by atoms with Crippen molar-refractivity contribution >= 4 is 5.91 Å². The number of amides is 1. The maximum Gasteiger partial charge on any atom is 0.241 e. The van der Waals surface area contributed by atoms with Gasteiger partial charge in [-0.15, -0.1) is 0 Å². The van der Waals surface area contributed by atoms with Crippen molar-refractivity contribution in [3.8, 4) is 0 Å². The molecule has 0 aromatic carbocycles. The van der Waals surface area contributed by atoms with Crippen LogP contribution in [0.5, 0.6) is 0 Å². The lowest BCUT2D eigenvalue weighted by molar-refractivity contribution is -0.113. The molecule has 0 fully saturated rings. The molecule has 0 aliphatic rings. The predicted molar refractivity (Wildman–Crippen MR) is 33.1 cm³/mol. The van der Waals surface area contributed by atoms with Crippen LogP contribution in [0.4, 0.5) is 0 Å². The maximum atomic E-state index is 10.1. The van der Waals surface area contributed by atoms with Crippen LogP contribution >= 0.6 is 0 Å². The second-order valence-electron chi connectivity index (χ2n) is 1.49. The molecule has 0 bridgehead atoms. The first-order valence-corrected chi connectivity index (χ1v) is 2.27. The van der Waals surface area contributed by atoms with E-state index in [2.05, 4.69) is 6.58 Å². The van der Waals surface area contributed by atoms with Gasteiger partial charge in [0.2, 0.25) is 5.91 Å². The molecular formula is C6H9NO. The van der Waals surface area contributed by atoms with Crippen molar-refractivity contribution < 1.29 is 4.79 Å². The van der Waals surface area contributed by atoms with Crippen molar-refractivity contribution in [2.75, 3.05) is 0 Å². The van der Waals surface area contributed by atoms with Crippen LogP contribution in [0.2, 0.25) is 0 Å². The van der Waals surface area contributed by atoms with Crippen molar-refractivity contribution in [3.63, 3.8) is 0 Å². The van der Waals surface area contributed by atoms with E-state index < -0.39 is 5.91 Å². The van der Waals surface area contributed by atoms with E-state index in [1.54, 1.807) is 13.0 Å². The average molecular weight is 111 g/mol. The summed E-state index contributed by atoms with van der Waals surface area (Å²) >= 11 is 0. The highest BCUT2D eigenvalue weighted by molar-refractivity contribution is 5.86. The van der Waals surface area contributed by atoms with Crippen LogP contribution in [0.25, 0.3) is 0 Å². The number of allylic oxidation sites excluding steroid dienone is 2. The van der Waals surface area contributed by atoms with Crippen LogP contribution in [-0.4, -0.2) is 5.91 Å². The Labute approximate surface area is 48.7 Å². The van der Waals surface area contributed by atoms with E-state index in [4.69, 9.17) is 5.73 Å². The molecule has 8 heavy (non-hydrogen) atoms. The topological polar surface area (TPSA) is 43.1 Å². The summed E-state index contributed by atoms with van der Waals surface area (Å²) in [4.78, 5) is 10.1. The lowest BCUT2D eigenvalue weighted by atomic mass is 10.3. The first-order chi connectivity index (χ1) is 3.66. The Hall–Kier alpha value is -1.05. The van der Waals surface area contributed by atoms with Crippen LogP contribution in [0, 0.1) is 0 Å². The van der Waals surface area contributed by atoms with E-state index >= 15 is 0 Å². The molecule has 0 spiro atoms. The third kappa shape index (κ3) is 3.15. The Bertz CT molecular complexity index is 135. The van der Waals surface area contributed by atoms with Crippen LogP contribution < -0.4 is 5.73 Å². The normalized spacial score (nSPS) is 10.9. The van der Waals surface area contributed by atoms with Gasteiger partial charge in [0.1, 0.15) is 0 Å². The monoisotopic (exact) mass is 111 g/mol. The number of carbonyl (C=O) groups is 1. The maximum absolute atomic E-state index is 10.1. The Balaban J connectivity index is 3.94. The van der Waals surface area contributed by atoms with E-state index in [1.807, 2.05) is 0 Å². The number of primary amides is 1. The molecule has 1 amide bonds. The largest absolute Gasteiger partial charge is 0.366 e. The second kappa shape index (κ2) is 3.02. The van der Waals surface area contributed by atoms with Gasteiger partial charge in [-0.2, -0.15) is 0 Å². The zero-order chi connectivity index (χ0) is 6.57. The second-order valence-corrected chi connectivity index (χ2v) is 1.49. The van der Waals surface area contributed by atoms with Crippen molar-refractivity contribution in [2.45, 2.75) is 6.92 Å². The van der Waals surface area contributed by atoms with Gasteiger partial charge in [-0.25, -0.2) is 0 Å². The number of hydrogen-bond donors (Lipinski definition) is 1. The molecule has 0 unspecified atom stereocenters. The zero-order valence-electron chi connectivity index (χ0n) is 4.85. The quantitative estimate of drug-likeness (QED) is 0.411. The molecule has 0 aliphatic carbocycles. The molecule has 44 valence electrons. The molecule has 0 saturated carbocycles. The van der Waals surface area contributed by atoms with Gasteiger partial charge in [0.05, 0.1) is 0 Å². The SMILES string of the molecule is C=C/C(C)=C\C(N)=O. The van der Waals surface area contributed by atoms with Crippen LogP contribution in [0.1, 0.15) is 6.92 Å². The molecule has 0 aliphatic heterocycles. The minimum Gasteiger partial charge on any atom is -0.366 e. The third-order valence-corrected chi connectivity index (χ3v) is 0.692. The molecule has 0 radical (unpaired) electrons. The first kappa shape index (κ1) is 6.95. The smallest absolute Gasteiger partial charge is 0.241 e. The molecule has 0 saturated heterocycles. The summed E-state index contributed by atoms with van der Waals surface area (Å²) in [7, 11) is 0. The molecule has 0 rings (SSSR count). The van der Waals surface area contributed by atoms with Crippen LogP contribution in [0.15, 0.2) is 24.3 Å². The third-order valence-electron chi connectivity index (χ3n) is 0.692. The lowest BCUT2D eigenvalue weighted by Gasteiger charge is -1.83. The molecular weight excluding hydrogens is 102 g/mol. The van der Waals surface area contributed by atoms with Crippen molar-refractivity contribution in [3.05, 3.63) is 24.3 Å². The molecule has 0 aromatic heterocycles. The van der Waals surface area contributed by atoms with Crippen LogP contribution in [-0.2, 0) is 4.79 Å². The molecule has 2 nitrogen and oxygen atoms in total. The molecule has 0 aromatic rings. The number of carbonyl (C=O) groups excluding carboxylic acids is 1. The average Bonchev–Trinajstić information content (AvgIpc) is 1.65. The summed E-state index contributed by atoms with van der Waals surface area (Å²) in [6.45, 7) is 5.20. The number of hydrogen-bond acceptors (Lipinski definition) is 1. The predicted octanol–water partition coefficient (Wildman–Crippen LogP) is 0.604. The molecule has 2 N–H and O–H groups in total. The molecule has 0 atom stereocenters. The van der Waals surface area contributed by atoms with Crippen molar-refractivity contribution in [2.24, 2.45) is 5.73 Å². The summed E-state index contributed by atoms with van der Waals surface area (Å²) in [5, 5.41) is 0. The van der Waals surface area contributed by atoms with Gasteiger partial charge in [0.15, 0.2) is 0 Å². The fraction of sp³-hybridized carbons (Fsp3) is 0.167. The fourth-order valence-electron chi connectivity index (χ4n) is 0.283. The highest BCUT2D eigenvalue weighted by Crippen LogP contribution is 1.89. The van der Waals surface area contributed by atoms with Gasteiger partial charge < -0.3 is 5.73 Å². The Morgan fingerprint density at radius 2 is 2.25 bits per heavy atom. The summed E-state index contributed by atoms with van der Waals surface area (Å²) < 4.78 is 0. The molecule has 2 heteroatoms. The number of nitrogens with two attached hydrogens (primary N) is 1. The van der Waals surface area contributed by atoms with Gasteiger partial charge in [-0.05, 0) is 12.5 Å². The minimum atomic E-state index is -0.428. The highest BCUT2D eigenvalue weighted by Gasteiger charge is 1.83. The first-order valence-electron chi connectivity index (χ1n) is 2.27. The summed E-state index contributed by atoms with van der Waals surface area (Å²) in [5.41, 5.74) is 5.60. The standard InChI is InChI=1S/C6H9NO/c1-3-5(2)4-6(7)8/h3-4H,1H2,2H3,(H2,7,8)/b5-4-. The summed E-state index contributed by atoms with van der Waals surface area (Å²) in [6.07, 6.45) is 2.90. The Morgan fingerprint density at radius 3 is 2.38 bits per heavy atom. The highest BCUT2D eigenvalue weighted by atomic mass is 16.1. The Morgan fingerprint density at radius 1 is 1.75 bits per heavy atom. The van der Waals surface area contributed by atoms with E-state index in [9.17, 15) is 4.79 Å². The van der Waals surface area contributed by atoms with Gasteiger partial charge >= 0.3 is 0 Å². The number of rotatable bonds is 2. The van der Waals surface area contributed by atoms with E-state index in [-0.39, 0.29) is 0 Å². The lowest BCUT2D eigenvalue weighted by Crippen LogP contribution is -2.06. The summed E-state index contributed by atoms with van der Waals surface area (Å²) in [5.74, 6) is -0.428. The minimum absolute atomic E-state index is 0.428. The van der Waals surface area contributed by atoms with Gasteiger partial charge in [0.25, 0.3) is 0 Å². The Kier molecular flexibility index (Phi) is 2.62. The van der Waals surface area contributed by atoms with Gasteiger partial charge in [0, 0.05) is 6.08 Å². The fourth-order valence-corrected chi connectivity index (χ4v) is 0.283. The van der Waals surface area contributed by atoms with Crippen molar-refractivity contribution in [1.82, 2.24) is 0 Å². The summed E-state index contributed by atoms with van der Waals surface area (Å²) in [6, 6.07) is 0. The molecule has 0 heterocycles. The van der Waals surface area contributed by atoms with Crippen molar-refractivity contribution in [1.29, 1.82) is 0 Å². The van der Waals surface area contributed by atoms with Gasteiger partial charge in [-0.1, -0.05) is 12.7 Å². The van der Waals surface area contributed by atoms with E-state index in [1.165, 1.54) is 6.08 Å².